The average Bonchev–Trinajstić information content (AvgIpc) is 2.31. The number of hydrogen-bond acceptors (Lipinski definition) is 5. The Hall–Kier alpha value is 0.578. The van der Waals surface area contributed by atoms with Crippen LogP contribution >= 0.6 is 0 Å². The first-order valence-corrected chi connectivity index (χ1v) is 7.08. The van der Waals surface area contributed by atoms with Crippen molar-refractivity contribution in [3.8, 4) is 0 Å². The van der Waals surface area contributed by atoms with Gasteiger partial charge in [0.2, 0.25) is 0 Å². The van der Waals surface area contributed by atoms with E-state index < -0.39 is 5.97 Å². The van der Waals surface area contributed by atoms with E-state index in [-0.39, 0.29) is 83.0 Å². The molecular formula is C14H32Cl2N2O4Pt+2. The van der Waals surface area contributed by atoms with Gasteiger partial charge in [0.25, 0.3) is 0 Å². The molecule has 144 valence electrons. The summed E-state index contributed by atoms with van der Waals surface area (Å²) in [4.78, 5) is 10.0. The molecule has 23 heavy (non-hydrogen) atoms. The largest absolute Gasteiger partial charge is 4.00 e. The van der Waals surface area contributed by atoms with E-state index in [1.165, 1.54) is 12.8 Å². The fourth-order valence-electron chi connectivity index (χ4n) is 1.64. The van der Waals surface area contributed by atoms with E-state index in [0.29, 0.717) is 0 Å². The number of carbonyl (C=O) groups is 1. The van der Waals surface area contributed by atoms with Crippen LogP contribution < -0.4 is 36.3 Å². The number of halogens is 2. The topological polar surface area (TPSA) is 130 Å². The summed E-state index contributed by atoms with van der Waals surface area (Å²) in [5, 5.41) is 23.5. The normalized spacial score (nSPS) is 19.1. The van der Waals surface area contributed by atoms with Crippen molar-refractivity contribution in [1.82, 2.24) is 0 Å². The standard InChI is InChI=1S/C6H14N2.C6H12O2.C2H6O2.2ClH.Pt/c7-5-3-1-2-4-6(5)8;1-6(2,3)4-5(7)8;3-1-2-4;;;/h5-6H,1-4,7-8H2;4H2,1-3H3,(H,7,8);3-4H,1-2H2;2*1H;/q;;;;;+4/p-2/t5-,6-;;;;;/m1...../s1. The van der Waals surface area contributed by atoms with Crippen molar-refractivity contribution < 1.29 is 66.0 Å². The first kappa shape index (κ1) is 34.8. The molecule has 0 saturated heterocycles. The van der Waals surface area contributed by atoms with Gasteiger partial charge in [-0.3, -0.25) is 4.79 Å². The zero-order valence-electron chi connectivity index (χ0n) is 14.1. The number of carboxylic acids is 1. The molecule has 1 aliphatic carbocycles. The molecule has 0 aromatic rings. The van der Waals surface area contributed by atoms with Crippen LogP contribution in [0.3, 0.4) is 0 Å². The third kappa shape index (κ3) is 30.9. The number of carboxylic acid groups (broad SMARTS) is 1. The Labute approximate surface area is 166 Å². The van der Waals surface area contributed by atoms with Crippen molar-refractivity contribution in [1.29, 1.82) is 0 Å². The Morgan fingerprint density at radius 1 is 1.00 bits per heavy atom. The summed E-state index contributed by atoms with van der Waals surface area (Å²) in [6.07, 6.45) is 5.04. The predicted octanol–water partition coefficient (Wildman–Crippen LogP) is -5.30. The van der Waals surface area contributed by atoms with E-state index in [1.54, 1.807) is 0 Å². The second kappa shape index (κ2) is 20.6. The summed E-state index contributed by atoms with van der Waals surface area (Å²) >= 11 is 0. The number of aliphatic carboxylic acids is 1. The van der Waals surface area contributed by atoms with Gasteiger partial charge >= 0.3 is 27.0 Å². The molecular weight excluding hydrogens is 526 g/mol. The first-order chi connectivity index (χ1) is 9.14. The van der Waals surface area contributed by atoms with Crippen LogP contribution in [0.1, 0.15) is 52.9 Å². The number of aliphatic hydroxyl groups excluding tert-OH is 2. The maximum Gasteiger partial charge on any atom is 4.00 e. The van der Waals surface area contributed by atoms with Gasteiger partial charge in [-0.25, -0.2) is 0 Å². The van der Waals surface area contributed by atoms with E-state index in [1.807, 2.05) is 20.8 Å². The van der Waals surface area contributed by atoms with Gasteiger partial charge in [-0.05, 0) is 18.3 Å². The van der Waals surface area contributed by atoms with E-state index in [0.717, 1.165) is 12.8 Å². The van der Waals surface area contributed by atoms with Gasteiger partial charge in [0.1, 0.15) is 0 Å². The monoisotopic (exact) mass is 557 g/mol. The summed E-state index contributed by atoms with van der Waals surface area (Å²) in [5.41, 5.74) is 11.2. The quantitative estimate of drug-likeness (QED) is 0.231. The van der Waals surface area contributed by atoms with Gasteiger partial charge in [0.15, 0.2) is 0 Å². The minimum absolute atomic E-state index is 0. The predicted molar refractivity (Wildman–Crippen MR) is 80.3 cm³/mol. The van der Waals surface area contributed by atoms with Gasteiger partial charge in [0, 0.05) is 12.1 Å². The van der Waals surface area contributed by atoms with Crippen LogP contribution in [0, 0.1) is 5.41 Å². The van der Waals surface area contributed by atoms with Crippen LogP contribution in [0.25, 0.3) is 0 Å². The molecule has 0 aromatic carbocycles. The van der Waals surface area contributed by atoms with E-state index in [2.05, 4.69) is 0 Å². The summed E-state index contributed by atoms with van der Waals surface area (Å²) < 4.78 is 0. The zero-order valence-corrected chi connectivity index (χ0v) is 17.9. The molecule has 1 fully saturated rings. The Bertz CT molecular complexity index is 245. The van der Waals surface area contributed by atoms with Crippen molar-refractivity contribution in [3.05, 3.63) is 0 Å². The van der Waals surface area contributed by atoms with Gasteiger partial charge in [0.05, 0.1) is 19.6 Å². The first-order valence-electron chi connectivity index (χ1n) is 7.08. The SMILES string of the molecule is CC(C)(C)CC(=O)O.N[C@@H]1CCCC[C@H]1N.OCCO.[Cl-].[Cl-].[Pt+4]. The third-order valence-corrected chi connectivity index (χ3v) is 2.66. The smallest absolute Gasteiger partial charge is 1.00 e. The summed E-state index contributed by atoms with van der Waals surface area (Å²) in [7, 11) is 0. The number of hydrogen-bond donors (Lipinski definition) is 5. The summed E-state index contributed by atoms with van der Waals surface area (Å²) in [5.74, 6) is -0.725. The molecule has 9 heteroatoms. The fourth-order valence-corrected chi connectivity index (χ4v) is 1.64. The fraction of sp³-hybridized carbons (Fsp3) is 0.929. The molecule has 0 bridgehead atoms. The third-order valence-electron chi connectivity index (χ3n) is 2.66. The van der Waals surface area contributed by atoms with Gasteiger partial charge in [-0.1, -0.05) is 33.6 Å². The van der Waals surface area contributed by atoms with Crippen molar-refractivity contribution in [2.45, 2.75) is 65.0 Å². The molecule has 6 nitrogen and oxygen atoms in total. The summed E-state index contributed by atoms with van der Waals surface area (Å²) in [6, 6.07) is 0.562. The minimum Gasteiger partial charge on any atom is -1.00 e. The van der Waals surface area contributed by atoms with Crippen molar-refractivity contribution in [2.75, 3.05) is 13.2 Å². The van der Waals surface area contributed by atoms with Gasteiger partial charge < -0.3 is 51.6 Å². The number of aliphatic hydroxyl groups is 2. The Morgan fingerprint density at radius 3 is 1.39 bits per heavy atom. The Balaban J connectivity index is -0.0000000695. The van der Waals surface area contributed by atoms with Crippen LogP contribution in [0.4, 0.5) is 0 Å². The van der Waals surface area contributed by atoms with E-state index >= 15 is 0 Å². The second-order valence-electron chi connectivity index (χ2n) is 6.19. The van der Waals surface area contributed by atoms with Crippen molar-refractivity contribution in [2.24, 2.45) is 16.9 Å². The number of nitrogens with two attached hydrogens (primary N) is 2. The van der Waals surface area contributed by atoms with Crippen molar-refractivity contribution >= 4 is 5.97 Å². The molecule has 1 rings (SSSR count). The number of rotatable bonds is 2. The maximum atomic E-state index is 10.0. The molecule has 1 saturated carbocycles. The second-order valence-corrected chi connectivity index (χ2v) is 6.19. The molecule has 2 atom stereocenters. The Kier molecular flexibility index (Phi) is 31.2. The van der Waals surface area contributed by atoms with E-state index in [4.69, 9.17) is 26.8 Å². The van der Waals surface area contributed by atoms with Crippen LogP contribution in [0.5, 0.6) is 0 Å². The summed E-state index contributed by atoms with van der Waals surface area (Å²) in [6.45, 7) is 5.46. The van der Waals surface area contributed by atoms with Crippen LogP contribution in [-0.4, -0.2) is 46.6 Å². The van der Waals surface area contributed by atoms with Crippen LogP contribution in [0.2, 0.25) is 0 Å². The van der Waals surface area contributed by atoms with Crippen LogP contribution in [0.15, 0.2) is 0 Å². The van der Waals surface area contributed by atoms with Gasteiger partial charge in [-0.15, -0.1) is 0 Å². The van der Waals surface area contributed by atoms with Crippen molar-refractivity contribution in [3.63, 3.8) is 0 Å². The Morgan fingerprint density at radius 2 is 1.30 bits per heavy atom. The minimum atomic E-state index is -0.725. The molecule has 0 aromatic heterocycles. The maximum absolute atomic E-state index is 10.0. The van der Waals surface area contributed by atoms with Gasteiger partial charge in [-0.2, -0.15) is 0 Å². The molecule has 0 radical (unpaired) electrons. The zero-order chi connectivity index (χ0) is 16.2. The molecule has 0 heterocycles. The molecule has 0 spiro atoms. The molecule has 0 amide bonds. The molecule has 0 aliphatic heterocycles. The molecule has 0 unspecified atom stereocenters. The molecule has 1 aliphatic rings. The van der Waals surface area contributed by atoms with E-state index in [9.17, 15) is 4.79 Å². The average molecular weight is 558 g/mol. The van der Waals surface area contributed by atoms with Crippen LogP contribution in [-0.2, 0) is 25.9 Å². The molecule has 7 N–H and O–H groups in total.